The van der Waals surface area contributed by atoms with E-state index in [9.17, 15) is 5.11 Å². The number of phenolic OH excluding ortho intramolecular Hbond substituents is 1. The van der Waals surface area contributed by atoms with E-state index in [1.807, 2.05) is 18.2 Å². The van der Waals surface area contributed by atoms with Crippen molar-refractivity contribution in [3.8, 4) is 5.75 Å². The topological polar surface area (TPSA) is 49.2 Å². The fraction of sp³-hybridized carbons (Fsp3) is 0.333. The van der Waals surface area contributed by atoms with Crippen molar-refractivity contribution in [2.75, 3.05) is 18.0 Å². The van der Waals surface area contributed by atoms with Gasteiger partial charge in [-0.2, -0.15) is 0 Å². The molecule has 0 atom stereocenters. The molecule has 2 heterocycles. The van der Waals surface area contributed by atoms with Crippen molar-refractivity contribution in [1.29, 1.82) is 0 Å². The largest absolute Gasteiger partial charge is 0.508 e. The molecule has 4 heteroatoms. The quantitative estimate of drug-likeness (QED) is 0.896. The molecule has 0 bridgehead atoms. The van der Waals surface area contributed by atoms with E-state index in [1.54, 1.807) is 24.5 Å². The van der Waals surface area contributed by atoms with Gasteiger partial charge in [-0.25, -0.2) is 9.97 Å². The van der Waals surface area contributed by atoms with Crippen molar-refractivity contribution in [3.05, 3.63) is 48.3 Å². The SMILES string of the molecule is Oc1ccc(C2CCN(c3ncccn3)CC2)cc1. The van der Waals surface area contributed by atoms with Crippen LogP contribution in [0.1, 0.15) is 24.3 Å². The second-order valence-corrected chi connectivity index (χ2v) is 4.90. The fourth-order valence-electron chi connectivity index (χ4n) is 2.61. The lowest BCUT2D eigenvalue weighted by atomic mass is 9.89. The average Bonchev–Trinajstić information content (AvgIpc) is 2.49. The molecule has 1 aromatic carbocycles. The van der Waals surface area contributed by atoms with Gasteiger partial charge >= 0.3 is 0 Å². The molecule has 0 spiro atoms. The predicted octanol–water partition coefficient (Wildman–Crippen LogP) is 2.57. The lowest BCUT2D eigenvalue weighted by molar-refractivity contribution is 0.472. The first kappa shape index (κ1) is 12.0. The Bertz CT molecular complexity index is 519. The standard InChI is InChI=1S/C15H17N3O/c19-14-4-2-12(3-5-14)13-6-10-18(11-7-13)15-16-8-1-9-17-15/h1-5,8-9,13,19H,6-7,10-11H2. The van der Waals surface area contributed by atoms with Gasteiger partial charge in [0.1, 0.15) is 5.75 Å². The van der Waals surface area contributed by atoms with Gasteiger partial charge < -0.3 is 10.0 Å². The molecule has 3 rings (SSSR count). The third-order valence-electron chi connectivity index (χ3n) is 3.69. The summed E-state index contributed by atoms with van der Waals surface area (Å²) in [6.07, 6.45) is 5.77. The van der Waals surface area contributed by atoms with Crippen molar-refractivity contribution >= 4 is 5.95 Å². The number of benzene rings is 1. The molecular formula is C15H17N3O. The van der Waals surface area contributed by atoms with E-state index in [-0.39, 0.29) is 0 Å². The molecule has 0 saturated carbocycles. The molecule has 0 aliphatic carbocycles. The Morgan fingerprint density at radius 2 is 1.63 bits per heavy atom. The van der Waals surface area contributed by atoms with E-state index in [1.165, 1.54) is 5.56 Å². The normalized spacial score (nSPS) is 16.5. The number of anilines is 1. The monoisotopic (exact) mass is 255 g/mol. The van der Waals surface area contributed by atoms with Gasteiger partial charge in [0.15, 0.2) is 0 Å². The fourth-order valence-corrected chi connectivity index (χ4v) is 2.61. The molecule has 0 radical (unpaired) electrons. The molecule has 1 aliphatic rings. The summed E-state index contributed by atoms with van der Waals surface area (Å²) >= 11 is 0. The number of hydrogen-bond acceptors (Lipinski definition) is 4. The van der Waals surface area contributed by atoms with Crippen LogP contribution >= 0.6 is 0 Å². The molecule has 1 aromatic heterocycles. The summed E-state index contributed by atoms with van der Waals surface area (Å²) in [5.41, 5.74) is 1.31. The number of nitrogens with zero attached hydrogens (tertiary/aromatic N) is 3. The third kappa shape index (κ3) is 2.67. The Hall–Kier alpha value is -2.10. The van der Waals surface area contributed by atoms with Crippen molar-refractivity contribution in [2.24, 2.45) is 0 Å². The summed E-state index contributed by atoms with van der Waals surface area (Å²) in [5.74, 6) is 1.73. The summed E-state index contributed by atoms with van der Waals surface area (Å²) < 4.78 is 0. The minimum absolute atomic E-state index is 0.332. The van der Waals surface area contributed by atoms with Crippen LogP contribution in [0.3, 0.4) is 0 Å². The number of aromatic hydroxyl groups is 1. The highest BCUT2D eigenvalue weighted by Gasteiger charge is 2.21. The van der Waals surface area contributed by atoms with E-state index < -0.39 is 0 Å². The van der Waals surface area contributed by atoms with Crippen molar-refractivity contribution < 1.29 is 5.11 Å². The molecule has 1 fully saturated rings. The minimum Gasteiger partial charge on any atom is -0.508 e. The van der Waals surface area contributed by atoms with Gasteiger partial charge in [-0.1, -0.05) is 12.1 Å². The molecule has 1 aliphatic heterocycles. The highest BCUT2D eigenvalue weighted by molar-refractivity contribution is 5.32. The van der Waals surface area contributed by atoms with Crippen molar-refractivity contribution in [2.45, 2.75) is 18.8 Å². The lowest BCUT2D eigenvalue weighted by Gasteiger charge is -2.32. The van der Waals surface area contributed by atoms with Crippen LogP contribution in [0.4, 0.5) is 5.95 Å². The van der Waals surface area contributed by atoms with E-state index in [4.69, 9.17) is 0 Å². The first-order valence-electron chi connectivity index (χ1n) is 6.64. The number of piperidine rings is 1. The summed E-state index contributed by atoms with van der Waals surface area (Å²) in [5, 5.41) is 9.32. The predicted molar refractivity (Wildman–Crippen MR) is 74.3 cm³/mol. The molecule has 1 saturated heterocycles. The molecule has 4 nitrogen and oxygen atoms in total. The summed E-state index contributed by atoms with van der Waals surface area (Å²) in [6, 6.07) is 9.42. The summed E-state index contributed by atoms with van der Waals surface area (Å²) in [4.78, 5) is 10.8. The Morgan fingerprint density at radius 1 is 1.00 bits per heavy atom. The first-order chi connectivity index (χ1) is 9.33. The Balaban J connectivity index is 1.65. The maximum absolute atomic E-state index is 9.32. The van der Waals surface area contributed by atoms with Crippen LogP contribution in [-0.2, 0) is 0 Å². The average molecular weight is 255 g/mol. The van der Waals surface area contributed by atoms with Gasteiger partial charge in [-0.3, -0.25) is 0 Å². The van der Waals surface area contributed by atoms with Crippen LogP contribution in [0.15, 0.2) is 42.7 Å². The van der Waals surface area contributed by atoms with Gasteiger partial charge in [-0.05, 0) is 42.5 Å². The van der Waals surface area contributed by atoms with Gasteiger partial charge in [0.2, 0.25) is 5.95 Å². The second-order valence-electron chi connectivity index (χ2n) is 4.90. The van der Waals surface area contributed by atoms with Crippen LogP contribution in [0.25, 0.3) is 0 Å². The summed E-state index contributed by atoms with van der Waals surface area (Å²) in [6.45, 7) is 1.96. The Kier molecular flexibility index (Phi) is 3.31. The Labute approximate surface area is 112 Å². The molecule has 19 heavy (non-hydrogen) atoms. The summed E-state index contributed by atoms with van der Waals surface area (Å²) in [7, 11) is 0. The second kappa shape index (κ2) is 5.26. The lowest BCUT2D eigenvalue weighted by Crippen LogP contribution is -2.34. The molecule has 1 N–H and O–H groups in total. The highest BCUT2D eigenvalue weighted by atomic mass is 16.3. The van der Waals surface area contributed by atoms with Crippen LogP contribution in [-0.4, -0.2) is 28.2 Å². The van der Waals surface area contributed by atoms with E-state index >= 15 is 0 Å². The zero-order valence-electron chi connectivity index (χ0n) is 10.7. The highest BCUT2D eigenvalue weighted by Crippen LogP contribution is 2.29. The number of rotatable bonds is 2. The van der Waals surface area contributed by atoms with E-state index in [0.29, 0.717) is 11.7 Å². The van der Waals surface area contributed by atoms with Crippen molar-refractivity contribution in [3.63, 3.8) is 0 Å². The van der Waals surface area contributed by atoms with Crippen LogP contribution in [0, 0.1) is 0 Å². The number of phenols is 1. The number of hydrogen-bond donors (Lipinski definition) is 1. The van der Waals surface area contributed by atoms with Gasteiger partial charge in [-0.15, -0.1) is 0 Å². The first-order valence-corrected chi connectivity index (χ1v) is 6.64. The molecule has 98 valence electrons. The smallest absolute Gasteiger partial charge is 0.225 e. The zero-order chi connectivity index (χ0) is 13.1. The minimum atomic E-state index is 0.332. The van der Waals surface area contributed by atoms with Gasteiger partial charge in [0, 0.05) is 25.5 Å². The molecule has 2 aromatic rings. The van der Waals surface area contributed by atoms with Crippen LogP contribution in [0.2, 0.25) is 0 Å². The van der Waals surface area contributed by atoms with E-state index in [2.05, 4.69) is 14.9 Å². The Morgan fingerprint density at radius 3 is 2.26 bits per heavy atom. The van der Waals surface area contributed by atoms with Crippen LogP contribution in [0.5, 0.6) is 5.75 Å². The van der Waals surface area contributed by atoms with Crippen molar-refractivity contribution in [1.82, 2.24) is 9.97 Å². The maximum atomic E-state index is 9.32. The third-order valence-corrected chi connectivity index (χ3v) is 3.69. The molecular weight excluding hydrogens is 238 g/mol. The maximum Gasteiger partial charge on any atom is 0.225 e. The molecule has 0 amide bonds. The van der Waals surface area contributed by atoms with E-state index in [0.717, 1.165) is 31.9 Å². The number of aromatic nitrogens is 2. The molecule has 0 unspecified atom stereocenters. The van der Waals surface area contributed by atoms with Gasteiger partial charge in [0.05, 0.1) is 0 Å². The van der Waals surface area contributed by atoms with Crippen LogP contribution < -0.4 is 4.90 Å². The zero-order valence-corrected chi connectivity index (χ0v) is 10.7. The van der Waals surface area contributed by atoms with Gasteiger partial charge in [0.25, 0.3) is 0 Å².